The maximum Gasteiger partial charge on any atom is 0.131 e. The summed E-state index contributed by atoms with van der Waals surface area (Å²) < 4.78 is 28.2. The molecule has 2 rings (SSSR count). The van der Waals surface area contributed by atoms with E-state index in [1.807, 2.05) is 26.0 Å². The standard InChI is InChI=1S/C17H18ClF2N/c1-3-10-21-17(12-7-4-6-11(2)16(12)18)15-13(19)8-5-9-14(15)20/h4-9,17,21H,3,10H2,1-2H3. The summed E-state index contributed by atoms with van der Waals surface area (Å²) in [7, 11) is 0. The van der Waals surface area contributed by atoms with Gasteiger partial charge in [0.05, 0.1) is 6.04 Å². The first-order valence-electron chi connectivity index (χ1n) is 6.98. The molecule has 0 spiro atoms. The van der Waals surface area contributed by atoms with Crippen molar-refractivity contribution < 1.29 is 8.78 Å². The van der Waals surface area contributed by atoms with Gasteiger partial charge in [0.15, 0.2) is 0 Å². The molecular formula is C17H18ClF2N. The van der Waals surface area contributed by atoms with E-state index in [0.29, 0.717) is 17.1 Å². The van der Waals surface area contributed by atoms with Gasteiger partial charge in [0.2, 0.25) is 0 Å². The fourth-order valence-corrected chi connectivity index (χ4v) is 2.57. The minimum absolute atomic E-state index is 0.0125. The number of benzene rings is 2. The fraction of sp³-hybridized carbons (Fsp3) is 0.294. The maximum absolute atomic E-state index is 14.1. The number of halogens is 3. The van der Waals surface area contributed by atoms with E-state index in [1.54, 1.807) is 6.07 Å². The van der Waals surface area contributed by atoms with Gasteiger partial charge in [0, 0.05) is 10.6 Å². The molecule has 0 amide bonds. The van der Waals surface area contributed by atoms with Gasteiger partial charge in [-0.05, 0) is 43.1 Å². The van der Waals surface area contributed by atoms with E-state index < -0.39 is 17.7 Å². The number of hydrogen-bond donors (Lipinski definition) is 1. The summed E-state index contributed by atoms with van der Waals surface area (Å²) in [6.45, 7) is 4.52. The van der Waals surface area contributed by atoms with Crippen LogP contribution in [0.3, 0.4) is 0 Å². The second kappa shape index (κ2) is 7.01. The molecule has 0 bridgehead atoms. The smallest absolute Gasteiger partial charge is 0.131 e. The zero-order valence-corrected chi connectivity index (χ0v) is 12.8. The molecule has 0 aromatic heterocycles. The van der Waals surface area contributed by atoms with E-state index in [2.05, 4.69) is 5.32 Å². The zero-order valence-electron chi connectivity index (χ0n) is 12.1. The Kier molecular flexibility index (Phi) is 5.32. The van der Waals surface area contributed by atoms with Crippen molar-refractivity contribution in [1.82, 2.24) is 5.32 Å². The van der Waals surface area contributed by atoms with Crippen molar-refractivity contribution in [2.75, 3.05) is 6.54 Å². The van der Waals surface area contributed by atoms with Gasteiger partial charge in [0.25, 0.3) is 0 Å². The van der Waals surface area contributed by atoms with Crippen LogP contribution in [-0.2, 0) is 0 Å². The fourth-order valence-electron chi connectivity index (χ4n) is 2.34. The molecule has 0 aliphatic carbocycles. The molecule has 1 unspecified atom stereocenters. The summed E-state index contributed by atoms with van der Waals surface area (Å²) >= 11 is 6.34. The average molecular weight is 310 g/mol. The lowest BCUT2D eigenvalue weighted by Crippen LogP contribution is -2.25. The molecule has 0 heterocycles. The van der Waals surface area contributed by atoms with Crippen molar-refractivity contribution in [3.05, 3.63) is 69.7 Å². The van der Waals surface area contributed by atoms with E-state index in [9.17, 15) is 8.78 Å². The Morgan fingerprint density at radius 3 is 2.33 bits per heavy atom. The van der Waals surface area contributed by atoms with Crippen molar-refractivity contribution in [1.29, 1.82) is 0 Å². The van der Waals surface area contributed by atoms with Crippen molar-refractivity contribution in [2.45, 2.75) is 26.3 Å². The Hall–Kier alpha value is -1.45. The lowest BCUT2D eigenvalue weighted by atomic mass is 9.96. The summed E-state index contributed by atoms with van der Waals surface area (Å²) in [5.41, 5.74) is 1.58. The molecule has 0 saturated carbocycles. The molecule has 0 aliphatic heterocycles. The Morgan fingerprint density at radius 2 is 1.71 bits per heavy atom. The van der Waals surface area contributed by atoms with Crippen LogP contribution in [0.2, 0.25) is 5.02 Å². The molecule has 2 aromatic rings. The molecule has 0 radical (unpaired) electrons. The third-order valence-corrected chi connectivity index (χ3v) is 3.94. The number of hydrogen-bond acceptors (Lipinski definition) is 1. The Balaban J connectivity index is 2.55. The molecule has 4 heteroatoms. The largest absolute Gasteiger partial charge is 0.306 e. The Morgan fingerprint density at radius 1 is 1.10 bits per heavy atom. The van der Waals surface area contributed by atoms with Crippen LogP contribution in [0.4, 0.5) is 8.78 Å². The molecular weight excluding hydrogens is 292 g/mol. The molecule has 112 valence electrons. The lowest BCUT2D eigenvalue weighted by molar-refractivity contribution is 0.503. The lowest BCUT2D eigenvalue weighted by Gasteiger charge is -2.22. The molecule has 21 heavy (non-hydrogen) atoms. The molecule has 0 aliphatic rings. The summed E-state index contributed by atoms with van der Waals surface area (Å²) in [6, 6.07) is 8.82. The van der Waals surface area contributed by atoms with Crippen LogP contribution in [0.25, 0.3) is 0 Å². The Labute approximate surface area is 128 Å². The Bertz CT molecular complexity index is 608. The number of aryl methyl sites for hydroxylation is 1. The van der Waals surface area contributed by atoms with Gasteiger partial charge < -0.3 is 5.32 Å². The highest BCUT2D eigenvalue weighted by atomic mass is 35.5. The van der Waals surface area contributed by atoms with Gasteiger partial charge in [0.1, 0.15) is 11.6 Å². The first kappa shape index (κ1) is 15.9. The quantitative estimate of drug-likeness (QED) is 0.818. The third kappa shape index (κ3) is 3.42. The van der Waals surface area contributed by atoms with Gasteiger partial charge in [-0.15, -0.1) is 0 Å². The van der Waals surface area contributed by atoms with E-state index >= 15 is 0 Å². The van der Waals surface area contributed by atoms with Crippen LogP contribution in [0.5, 0.6) is 0 Å². The van der Waals surface area contributed by atoms with Gasteiger partial charge in [-0.1, -0.05) is 42.8 Å². The van der Waals surface area contributed by atoms with Crippen molar-refractivity contribution in [2.24, 2.45) is 0 Å². The van der Waals surface area contributed by atoms with Crippen molar-refractivity contribution >= 4 is 11.6 Å². The van der Waals surface area contributed by atoms with Crippen LogP contribution in [0.1, 0.15) is 36.1 Å². The predicted molar refractivity (Wildman–Crippen MR) is 82.7 cm³/mol. The van der Waals surface area contributed by atoms with Crippen LogP contribution in [0.15, 0.2) is 36.4 Å². The van der Waals surface area contributed by atoms with Gasteiger partial charge >= 0.3 is 0 Å². The van der Waals surface area contributed by atoms with E-state index in [1.165, 1.54) is 18.2 Å². The molecule has 0 saturated heterocycles. The minimum Gasteiger partial charge on any atom is -0.306 e. The number of rotatable bonds is 5. The van der Waals surface area contributed by atoms with Gasteiger partial charge in [-0.25, -0.2) is 8.78 Å². The summed E-state index contributed by atoms with van der Waals surface area (Å²) in [4.78, 5) is 0. The van der Waals surface area contributed by atoms with E-state index in [-0.39, 0.29) is 5.56 Å². The van der Waals surface area contributed by atoms with Gasteiger partial charge in [-0.2, -0.15) is 0 Å². The first-order chi connectivity index (χ1) is 10.1. The average Bonchev–Trinajstić information content (AvgIpc) is 2.45. The first-order valence-corrected chi connectivity index (χ1v) is 7.36. The molecule has 1 atom stereocenters. The van der Waals surface area contributed by atoms with Crippen molar-refractivity contribution in [3.63, 3.8) is 0 Å². The van der Waals surface area contributed by atoms with Crippen LogP contribution >= 0.6 is 11.6 Å². The highest BCUT2D eigenvalue weighted by Gasteiger charge is 2.23. The van der Waals surface area contributed by atoms with Crippen LogP contribution in [-0.4, -0.2) is 6.54 Å². The monoisotopic (exact) mass is 309 g/mol. The summed E-state index contributed by atoms with van der Waals surface area (Å²) in [5, 5.41) is 3.72. The SMILES string of the molecule is CCCNC(c1cccc(C)c1Cl)c1c(F)cccc1F. The molecule has 1 N–H and O–H groups in total. The van der Waals surface area contributed by atoms with Gasteiger partial charge in [-0.3, -0.25) is 0 Å². The van der Waals surface area contributed by atoms with E-state index in [0.717, 1.165) is 12.0 Å². The summed E-state index contributed by atoms with van der Waals surface area (Å²) in [5.74, 6) is -1.14. The maximum atomic E-state index is 14.1. The normalized spacial score (nSPS) is 12.4. The number of nitrogens with one attached hydrogen (secondary N) is 1. The second-order valence-corrected chi connectivity index (χ2v) is 5.38. The zero-order chi connectivity index (χ0) is 15.4. The second-order valence-electron chi connectivity index (χ2n) is 5.00. The van der Waals surface area contributed by atoms with Crippen molar-refractivity contribution in [3.8, 4) is 0 Å². The topological polar surface area (TPSA) is 12.0 Å². The highest BCUT2D eigenvalue weighted by Crippen LogP contribution is 2.33. The predicted octanol–water partition coefficient (Wildman–Crippen LogP) is 5.02. The van der Waals surface area contributed by atoms with Crippen LogP contribution < -0.4 is 5.32 Å². The molecule has 0 fully saturated rings. The third-order valence-electron chi connectivity index (χ3n) is 3.42. The van der Waals surface area contributed by atoms with Crippen LogP contribution in [0, 0.1) is 18.6 Å². The minimum atomic E-state index is -0.599. The van der Waals surface area contributed by atoms with E-state index in [4.69, 9.17) is 11.6 Å². The molecule has 1 nitrogen and oxygen atoms in total. The summed E-state index contributed by atoms with van der Waals surface area (Å²) in [6.07, 6.45) is 0.857. The molecule has 2 aromatic carbocycles. The highest BCUT2D eigenvalue weighted by molar-refractivity contribution is 6.32.